The van der Waals surface area contributed by atoms with Crippen LogP contribution in [-0.4, -0.2) is 43.9 Å². The Balaban J connectivity index is 2.92. The van der Waals surface area contributed by atoms with Gasteiger partial charge in [0, 0.05) is 5.56 Å². The van der Waals surface area contributed by atoms with Crippen LogP contribution in [0.3, 0.4) is 0 Å². The van der Waals surface area contributed by atoms with E-state index in [-0.39, 0.29) is 12.0 Å². The molecule has 0 amide bonds. The third-order valence-corrected chi connectivity index (χ3v) is 3.07. The smallest absolute Gasteiger partial charge is 0.239 e. The number of benzene rings is 1. The number of fused-ring (bicyclic) bond motifs is 1. The fraction of sp³-hybridized carbons (Fsp3) is 0.250. The summed E-state index contributed by atoms with van der Waals surface area (Å²) in [4.78, 5) is 34.7. The van der Waals surface area contributed by atoms with Crippen molar-refractivity contribution in [2.75, 3.05) is 0 Å². The molecule has 1 aromatic rings. The molecule has 100 valence electrons. The molecule has 0 spiro atoms. The number of phenolic OH excluding ortho intramolecular Hbond substituents is 3. The van der Waals surface area contributed by atoms with Gasteiger partial charge in [0.05, 0.1) is 11.1 Å². The molecule has 0 heterocycles. The molecule has 0 bridgehead atoms. The molecule has 0 aliphatic heterocycles. The van der Waals surface area contributed by atoms with Crippen LogP contribution in [0.2, 0.25) is 0 Å². The Hall–Kier alpha value is -2.41. The molecule has 19 heavy (non-hydrogen) atoms. The van der Waals surface area contributed by atoms with Crippen LogP contribution in [-0.2, 0) is 11.2 Å². The van der Waals surface area contributed by atoms with Gasteiger partial charge in [0.15, 0.2) is 17.6 Å². The number of aromatic hydroxyl groups is 3. The predicted molar refractivity (Wildman–Crippen MR) is 60.5 cm³/mol. The molecule has 0 radical (unpaired) electrons. The highest BCUT2D eigenvalue weighted by molar-refractivity contribution is 6.53. The summed E-state index contributed by atoms with van der Waals surface area (Å²) in [5.41, 5.74) is -1.55. The summed E-state index contributed by atoms with van der Waals surface area (Å²) >= 11 is 0. The molecule has 1 atom stereocenters. The van der Waals surface area contributed by atoms with Crippen molar-refractivity contribution in [1.82, 2.24) is 0 Å². The molecule has 1 aromatic carbocycles. The zero-order valence-corrected chi connectivity index (χ0v) is 9.80. The zero-order valence-electron chi connectivity index (χ0n) is 9.80. The molecular formula is C12H10O7. The SMILES string of the molecule is CCc1c(O)c(O)c2c(c1O)C(=O)C(O)C(=O)C2=O. The number of phenols is 3. The second kappa shape index (κ2) is 4.06. The number of Topliss-reactive ketones (excluding diaryl/α,β-unsaturated/α-hetero) is 3. The van der Waals surface area contributed by atoms with Crippen molar-refractivity contribution in [3.8, 4) is 17.2 Å². The van der Waals surface area contributed by atoms with Gasteiger partial charge in [-0.15, -0.1) is 0 Å². The topological polar surface area (TPSA) is 132 Å². The van der Waals surface area contributed by atoms with Gasteiger partial charge < -0.3 is 20.4 Å². The van der Waals surface area contributed by atoms with Gasteiger partial charge in [-0.3, -0.25) is 14.4 Å². The lowest BCUT2D eigenvalue weighted by atomic mass is 9.83. The monoisotopic (exact) mass is 266 g/mol. The molecule has 7 heteroatoms. The van der Waals surface area contributed by atoms with Crippen molar-refractivity contribution in [2.45, 2.75) is 19.4 Å². The second-order valence-electron chi connectivity index (χ2n) is 4.09. The van der Waals surface area contributed by atoms with Gasteiger partial charge in [0.1, 0.15) is 5.75 Å². The van der Waals surface area contributed by atoms with Gasteiger partial charge in [-0.1, -0.05) is 6.92 Å². The molecule has 1 aliphatic rings. The number of carbonyl (C=O) groups is 3. The van der Waals surface area contributed by atoms with E-state index >= 15 is 0 Å². The number of aliphatic hydroxyl groups excluding tert-OH is 1. The van der Waals surface area contributed by atoms with E-state index in [0.717, 1.165) is 0 Å². The third kappa shape index (κ3) is 1.52. The van der Waals surface area contributed by atoms with Crippen molar-refractivity contribution in [2.24, 2.45) is 0 Å². The summed E-state index contributed by atoms with van der Waals surface area (Å²) in [7, 11) is 0. The van der Waals surface area contributed by atoms with Crippen molar-refractivity contribution >= 4 is 17.3 Å². The minimum atomic E-state index is -2.19. The Morgan fingerprint density at radius 1 is 0.895 bits per heavy atom. The van der Waals surface area contributed by atoms with Crippen molar-refractivity contribution in [3.05, 3.63) is 16.7 Å². The summed E-state index contributed by atoms with van der Waals surface area (Å²) in [6, 6.07) is 0. The molecule has 0 saturated carbocycles. The lowest BCUT2D eigenvalue weighted by Crippen LogP contribution is -2.41. The summed E-state index contributed by atoms with van der Waals surface area (Å²) in [5.74, 6) is -6.32. The number of ketones is 3. The Morgan fingerprint density at radius 2 is 1.47 bits per heavy atom. The maximum atomic E-state index is 11.7. The average Bonchev–Trinajstić information content (AvgIpc) is 2.38. The van der Waals surface area contributed by atoms with Crippen molar-refractivity contribution in [3.63, 3.8) is 0 Å². The van der Waals surface area contributed by atoms with Crippen LogP contribution in [0.25, 0.3) is 0 Å². The van der Waals surface area contributed by atoms with E-state index in [9.17, 15) is 34.8 Å². The summed E-state index contributed by atoms with van der Waals surface area (Å²) in [6.45, 7) is 1.54. The molecule has 0 aromatic heterocycles. The van der Waals surface area contributed by atoms with E-state index in [1.807, 2.05) is 0 Å². The van der Waals surface area contributed by atoms with E-state index in [2.05, 4.69) is 0 Å². The summed E-state index contributed by atoms with van der Waals surface area (Å²) < 4.78 is 0. The minimum absolute atomic E-state index is 0.0734. The number of rotatable bonds is 1. The second-order valence-corrected chi connectivity index (χ2v) is 4.09. The first-order valence-electron chi connectivity index (χ1n) is 5.43. The molecule has 1 aliphatic carbocycles. The van der Waals surface area contributed by atoms with Crippen LogP contribution in [0.1, 0.15) is 33.2 Å². The van der Waals surface area contributed by atoms with Crippen LogP contribution in [0.5, 0.6) is 17.2 Å². The van der Waals surface area contributed by atoms with Gasteiger partial charge in [-0.25, -0.2) is 0 Å². The van der Waals surface area contributed by atoms with Crippen LogP contribution < -0.4 is 0 Å². The first-order valence-corrected chi connectivity index (χ1v) is 5.43. The fourth-order valence-corrected chi connectivity index (χ4v) is 2.06. The van der Waals surface area contributed by atoms with Crippen LogP contribution in [0.4, 0.5) is 0 Å². The van der Waals surface area contributed by atoms with E-state index < -0.39 is 51.8 Å². The minimum Gasteiger partial charge on any atom is -0.507 e. The highest BCUT2D eigenvalue weighted by atomic mass is 16.3. The van der Waals surface area contributed by atoms with Crippen LogP contribution in [0, 0.1) is 0 Å². The standard InChI is InChI=1S/C12H10O7/c1-2-3-6(13)4-5(8(15)7(3)14)10(17)12(19)11(18)9(4)16/h11,13-15,18H,2H2,1H3. The van der Waals surface area contributed by atoms with Crippen molar-refractivity contribution < 1.29 is 34.8 Å². The normalized spacial score (nSPS) is 18.6. The summed E-state index contributed by atoms with van der Waals surface area (Å²) in [5, 5.41) is 38.5. The van der Waals surface area contributed by atoms with E-state index in [0.29, 0.717) is 0 Å². The Labute approximate surface area is 106 Å². The average molecular weight is 266 g/mol. The number of carbonyl (C=O) groups excluding carboxylic acids is 3. The first kappa shape index (κ1) is 13.0. The van der Waals surface area contributed by atoms with Gasteiger partial charge in [0.25, 0.3) is 0 Å². The van der Waals surface area contributed by atoms with E-state index in [4.69, 9.17) is 0 Å². The fourth-order valence-electron chi connectivity index (χ4n) is 2.06. The molecular weight excluding hydrogens is 256 g/mol. The highest BCUT2D eigenvalue weighted by Crippen LogP contribution is 2.44. The maximum absolute atomic E-state index is 11.7. The van der Waals surface area contributed by atoms with Crippen LogP contribution in [0.15, 0.2) is 0 Å². The quantitative estimate of drug-likeness (QED) is 0.237. The van der Waals surface area contributed by atoms with Gasteiger partial charge in [-0.2, -0.15) is 0 Å². The molecule has 1 unspecified atom stereocenters. The molecule has 0 saturated heterocycles. The molecule has 2 rings (SSSR count). The Morgan fingerprint density at radius 3 is 2.00 bits per heavy atom. The Bertz CT molecular complexity index is 630. The van der Waals surface area contributed by atoms with Crippen LogP contribution >= 0.6 is 0 Å². The first-order chi connectivity index (χ1) is 8.82. The number of aliphatic hydroxyl groups is 1. The summed E-state index contributed by atoms with van der Waals surface area (Å²) in [6.07, 6.45) is -2.12. The largest absolute Gasteiger partial charge is 0.507 e. The van der Waals surface area contributed by atoms with Gasteiger partial charge >= 0.3 is 0 Å². The number of hydrogen-bond acceptors (Lipinski definition) is 7. The molecule has 4 N–H and O–H groups in total. The lowest BCUT2D eigenvalue weighted by molar-refractivity contribution is -0.120. The zero-order chi connectivity index (χ0) is 14.5. The van der Waals surface area contributed by atoms with Gasteiger partial charge in [-0.05, 0) is 6.42 Å². The van der Waals surface area contributed by atoms with Gasteiger partial charge in [0.2, 0.25) is 17.3 Å². The maximum Gasteiger partial charge on any atom is 0.239 e. The highest BCUT2D eigenvalue weighted by Gasteiger charge is 2.44. The van der Waals surface area contributed by atoms with E-state index in [1.165, 1.54) is 6.92 Å². The third-order valence-electron chi connectivity index (χ3n) is 3.07. The lowest BCUT2D eigenvalue weighted by Gasteiger charge is -2.21. The molecule has 0 fully saturated rings. The van der Waals surface area contributed by atoms with Crippen molar-refractivity contribution in [1.29, 1.82) is 0 Å². The number of hydrogen-bond donors (Lipinski definition) is 4. The van der Waals surface area contributed by atoms with E-state index in [1.54, 1.807) is 0 Å². The Kier molecular flexibility index (Phi) is 2.78. The molecule has 7 nitrogen and oxygen atoms in total. The predicted octanol–water partition coefficient (Wildman–Crippen LogP) is -0.325.